The number of thiocarbonyl (C=S) groups is 1. The smallest absolute Gasteiger partial charge is 0.330 e. The fourth-order valence-electron chi connectivity index (χ4n) is 9.65. The first-order chi connectivity index (χ1) is 17.2. The van der Waals surface area contributed by atoms with Gasteiger partial charge in [-0.15, -0.1) is 0 Å². The molecule has 0 amide bonds. The van der Waals surface area contributed by atoms with Crippen molar-refractivity contribution >= 4 is 29.0 Å². The first-order valence-corrected chi connectivity index (χ1v) is 14.8. The second kappa shape index (κ2) is 9.81. The number of hydrazone groups is 1. The molecule has 0 saturated heterocycles. The van der Waals surface area contributed by atoms with Crippen LogP contribution in [0.15, 0.2) is 28.4 Å². The highest BCUT2D eigenvalue weighted by Crippen LogP contribution is 2.73. The van der Waals surface area contributed by atoms with Crippen LogP contribution in [-0.4, -0.2) is 21.9 Å². The third kappa shape index (κ3) is 4.49. The monoisotopic (exact) mass is 527 g/mol. The maximum Gasteiger partial charge on any atom is 0.330 e. The van der Waals surface area contributed by atoms with Gasteiger partial charge in [0.05, 0.1) is 0 Å². The number of allylic oxidation sites excluding steroid dienone is 3. The van der Waals surface area contributed by atoms with Gasteiger partial charge in [-0.25, -0.2) is 4.79 Å². The summed E-state index contributed by atoms with van der Waals surface area (Å²) in [6.45, 7) is 16.6. The second-order valence-electron chi connectivity index (χ2n) is 13.9. The predicted octanol–water partition coefficient (Wildman–Crippen LogP) is 7.23. The zero-order chi connectivity index (χ0) is 27.4. The Kier molecular flexibility index (Phi) is 7.51. The fraction of sp³-hybridized carbons (Fsp3) is 0.774. The van der Waals surface area contributed by atoms with E-state index < -0.39 is 5.97 Å². The molecule has 0 aromatic carbocycles. The zero-order valence-corrected chi connectivity index (χ0v) is 24.9. The van der Waals surface area contributed by atoms with E-state index in [1.165, 1.54) is 37.8 Å². The Balaban J connectivity index is 1.58. The summed E-state index contributed by atoms with van der Waals surface area (Å²) < 4.78 is 0. The van der Waals surface area contributed by atoms with Crippen molar-refractivity contribution in [2.75, 3.05) is 0 Å². The summed E-state index contributed by atoms with van der Waals surface area (Å²) in [6.07, 6.45) is 14.9. The molecule has 4 rings (SSSR count). The minimum Gasteiger partial charge on any atom is -0.478 e. The molecule has 37 heavy (non-hydrogen) atoms. The van der Waals surface area contributed by atoms with Gasteiger partial charge in [0, 0.05) is 16.7 Å². The van der Waals surface area contributed by atoms with Gasteiger partial charge in [0.1, 0.15) is 0 Å². The molecule has 4 N–H and O–H groups in total. The molecule has 4 aliphatic rings. The molecule has 7 atom stereocenters. The molecular weight excluding hydrogens is 478 g/mol. The summed E-state index contributed by atoms with van der Waals surface area (Å²) in [5.74, 6) is 1.69. The molecule has 3 saturated carbocycles. The number of hydrogen-bond donors (Lipinski definition) is 3. The van der Waals surface area contributed by atoms with E-state index in [0.29, 0.717) is 34.7 Å². The molecular formula is C31H49N3O2S. The Morgan fingerprint density at radius 3 is 2.59 bits per heavy atom. The quantitative estimate of drug-likeness (QED) is 0.147. The van der Waals surface area contributed by atoms with E-state index in [-0.39, 0.29) is 21.4 Å². The van der Waals surface area contributed by atoms with E-state index in [1.807, 2.05) is 6.08 Å². The maximum absolute atomic E-state index is 11.2. The number of carbonyl (C=O) groups is 1. The Morgan fingerprint density at radius 2 is 1.95 bits per heavy atom. The number of nitrogens with zero attached hydrogens (tertiary/aromatic N) is 1. The van der Waals surface area contributed by atoms with E-state index in [2.05, 4.69) is 58.1 Å². The van der Waals surface area contributed by atoms with E-state index in [1.54, 1.807) is 12.5 Å². The molecule has 0 aromatic heterocycles. The lowest BCUT2D eigenvalue weighted by molar-refractivity contribution is -0.132. The van der Waals surface area contributed by atoms with Gasteiger partial charge < -0.3 is 10.8 Å². The summed E-state index contributed by atoms with van der Waals surface area (Å²) in [7, 11) is 0. The number of nitrogens with one attached hydrogen (secondary N) is 1. The zero-order valence-electron chi connectivity index (χ0n) is 24.1. The standard InChI is InChI=1S/C31H49N3O2S/c1-19(9-8-10-20(2)26(35)36)21-13-17-31(7)23-11-12-24-28(3,4)25(33-34-27(32)37)15-16-29(24,5)22(23)14-18-30(21,31)6/h10-11,19,21-22,24H,8-9,12-18H2,1-7H3,(H,35,36)(H3,32,34,37)/b20-10-,33-25-/t19-,21-,22+,24-,29+,30-,31+/m0/s1. The average molecular weight is 528 g/mol. The Labute approximate surface area is 229 Å². The fourth-order valence-corrected chi connectivity index (χ4v) is 9.70. The lowest BCUT2D eigenvalue weighted by Gasteiger charge is -2.63. The molecule has 0 spiro atoms. The van der Waals surface area contributed by atoms with Crippen LogP contribution in [0.4, 0.5) is 0 Å². The van der Waals surface area contributed by atoms with Crippen molar-refractivity contribution in [3.63, 3.8) is 0 Å². The predicted molar refractivity (Wildman–Crippen MR) is 156 cm³/mol. The summed E-state index contributed by atoms with van der Waals surface area (Å²) in [4.78, 5) is 11.2. The number of carboxylic acids is 1. The van der Waals surface area contributed by atoms with Crippen LogP contribution in [-0.2, 0) is 4.79 Å². The highest BCUT2D eigenvalue weighted by molar-refractivity contribution is 7.80. The highest BCUT2D eigenvalue weighted by atomic mass is 32.1. The van der Waals surface area contributed by atoms with Crippen LogP contribution in [0.2, 0.25) is 0 Å². The lowest BCUT2D eigenvalue weighted by atomic mass is 9.41. The number of aliphatic carboxylic acids is 1. The topological polar surface area (TPSA) is 87.7 Å². The number of rotatable bonds is 6. The Hall–Kier alpha value is -1.69. The number of fused-ring (bicyclic) bond motifs is 5. The third-order valence-corrected chi connectivity index (χ3v) is 12.2. The number of carboxylic acid groups (broad SMARTS) is 1. The summed E-state index contributed by atoms with van der Waals surface area (Å²) >= 11 is 5.01. The maximum atomic E-state index is 11.2. The van der Waals surface area contributed by atoms with Gasteiger partial charge in [0.15, 0.2) is 5.11 Å². The van der Waals surface area contributed by atoms with Crippen LogP contribution in [0.25, 0.3) is 0 Å². The van der Waals surface area contributed by atoms with Crippen LogP contribution in [0.1, 0.15) is 106 Å². The molecule has 3 fully saturated rings. The van der Waals surface area contributed by atoms with Crippen LogP contribution >= 0.6 is 12.2 Å². The van der Waals surface area contributed by atoms with Gasteiger partial charge in [-0.05, 0) is 117 Å². The normalized spacial score (nSPS) is 40.7. The third-order valence-electron chi connectivity index (χ3n) is 12.1. The number of nitrogens with two attached hydrogens (primary N) is 1. The molecule has 0 heterocycles. The summed E-state index contributed by atoms with van der Waals surface area (Å²) in [6, 6.07) is 0. The molecule has 206 valence electrons. The van der Waals surface area contributed by atoms with Crippen molar-refractivity contribution in [3.05, 3.63) is 23.3 Å². The second-order valence-corrected chi connectivity index (χ2v) is 14.4. The summed E-state index contributed by atoms with van der Waals surface area (Å²) in [5.41, 5.74) is 12.8. The molecule has 5 nitrogen and oxygen atoms in total. The molecule has 0 bridgehead atoms. The van der Waals surface area contributed by atoms with Crippen LogP contribution < -0.4 is 11.2 Å². The minimum absolute atomic E-state index is 0.00277. The molecule has 4 aliphatic carbocycles. The van der Waals surface area contributed by atoms with Crippen molar-refractivity contribution in [1.82, 2.24) is 5.43 Å². The van der Waals surface area contributed by atoms with Gasteiger partial charge in [-0.3, -0.25) is 5.43 Å². The number of hydrogen-bond acceptors (Lipinski definition) is 3. The van der Waals surface area contributed by atoms with E-state index >= 15 is 0 Å². The van der Waals surface area contributed by atoms with Crippen LogP contribution in [0.5, 0.6) is 0 Å². The van der Waals surface area contributed by atoms with Gasteiger partial charge in [0.2, 0.25) is 0 Å². The van der Waals surface area contributed by atoms with Crippen LogP contribution in [0, 0.1) is 45.3 Å². The van der Waals surface area contributed by atoms with Crippen molar-refractivity contribution in [2.24, 2.45) is 56.2 Å². The average Bonchev–Trinajstić information content (AvgIpc) is 3.09. The van der Waals surface area contributed by atoms with E-state index in [9.17, 15) is 9.90 Å². The molecule has 0 aromatic rings. The van der Waals surface area contributed by atoms with Crippen molar-refractivity contribution < 1.29 is 9.90 Å². The summed E-state index contributed by atoms with van der Waals surface area (Å²) in [5, 5.41) is 14.1. The van der Waals surface area contributed by atoms with Gasteiger partial charge in [-0.2, -0.15) is 5.10 Å². The first-order valence-electron chi connectivity index (χ1n) is 14.4. The lowest BCUT2D eigenvalue weighted by Crippen LogP contribution is -2.57. The largest absolute Gasteiger partial charge is 0.478 e. The van der Waals surface area contributed by atoms with Crippen molar-refractivity contribution in [1.29, 1.82) is 0 Å². The molecule has 0 radical (unpaired) electrons. The van der Waals surface area contributed by atoms with Gasteiger partial charge in [0.25, 0.3) is 0 Å². The SMILES string of the molecule is C/C(=C/CC[C@H](C)[C@@H]1CC[C@]2(C)C3=CC[C@H]4C(C)(C)/C(=N\NC(N)=S)CC[C@]4(C)[C@@H]3CC[C@@]12C)C(=O)O. The van der Waals surface area contributed by atoms with E-state index in [0.717, 1.165) is 25.7 Å². The first kappa shape index (κ1) is 28.3. The van der Waals surface area contributed by atoms with Crippen molar-refractivity contribution in [3.8, 4) is 0 Å². The minimum atomic E-state index is -0.800. The molecule has 6 heteroatoms. The van der Waals surface area contributed by atoms with Gasteiger partial charge in [-0.1, -0.05) is 59.3 Å². The van der Waals surface area contributed by atoms with E-state index in [4.69, 9.17) is 18.0 Å². The highest BCUT2D eigenvalue weighted by Gasteiger charge is 2.65. The van der Waals surface area contributed by atoms with Crippen molar-refractivity contribution in [2.45, 2.75) is 106 Å². The van der Waals surface area contributed by atoms with Crippen LogP contribution in [0.3, 0.4) is 0 Å². The van der Waals surface area contributed by atoms with Gasteiger partial charge >= 0.3 is 5.97 Å². The molecule has 0 unspecified atom stereocenters. The Bertz CT molecular complexity index is 1050. The Morgan fingerprint density at radius 1 is 1.24 bits per heavy atom. The molecule has 0 aliphatic heterocycles.